The number of ether oxygens (including phenoxy) is 2. The van der Waals surface area contributed by atoms with Gasteiger partial charge in [-0.3, -0.25) is 28.0 Å². The number of aromatic amines is 1. The molecule has 0 aromatic carbocycles. The maximum Gasteiger partial charge on any atom is 0.386 e. The molecule has 2 aliphatic heterocycles. The zero-order valence-corrected chi connectivity index (χ0v) is 26.7. The van der Waals surface area contributed by atoms with Crippen LogP contribution < -0.4 is 17.0 Å². The van der Waals surface area contributed by atoms with Gasteiger partial charge in [-0.1, -0.05) is 35.6 Å². The monoisotopic (exact) mass is 719 g/mol. The lowest BCUT2D eigenvalue weighted by Gasteiger charge is -2.30. The van der Waals surface area contributed by atoms with E-state index in [1.165, 1.54) is 17.2 Å². The number of halogens is 1. The van der Waals surface area contributed by atoms with E-state index in [1.807, 2.05) is 0 Å². The number of rotatable bonds is 10. The first kappa shape index (κ1) is 32.8. The van der Waals surface area contributed by atoms with Gasteiger partial charge in [0.2, 0.25) is 13.2 Å². The lowest BCUT2D eigenvalue weighted by atomic mass is 9.99. The van der Waals surface area contributed by atoms with E-state index < -0.39 is 75.3 Å². The van der Waals surface area contributed by atoms with Crippen molar-refractivity contribution in [3.63, 3.8) is 0 Å². The van der Waals surface area contributed by atoms with Crippen LogP contribution in [0.2, 0.25) is 0 Å². The molecule has 0 bridgehead atoms. The number of hydrogen-bond donors (Lipinski definition) is 6. The number of nitrogens with one attached hydrogen (secondary N) is 1. The number of imidazole rings is 1. The molecule has 0 radical (unpaired) electrons. The summed E-state index contributed by atoms with van der Waals surface area (Å²) in [5.74, 6) is 2.21. The van der Waals surface area contributed by atoms with Crippen LogP contribution in [0.1, 0.15) is 18.9 Å². The molecule has 46 heavy (non-hydrogen) atoms. The van der Waals surface area contributed by atoms with Crippen LogP contribution in [0.15, 0.2) is 17.4 Å². The van der Waals surface area contributed by atoms with Gasteiger partial charge < -0.3 is 30.6 Å². The van der Waals surface area contributed by atoms with Crippen LogP contribution in [0.25, 0.3) is 22.3 Å². The van der Waals surface area contributed by atoms with Gasteiger partial charge >= 0.3 is 6.80 Å². The molecule has 6 N–H and O–H groups in total. The molecule has 6 rings (SSSR count). The molecular weight excluding hydrogens is 695 g/mol. The van der Waals surface area contributed by atoms with Gasteiger partial charge in [0.25, 0.3) is 5.56 Å². The number of nitrogens with zero attached hydrogens (tertiary/aromatic N) is 8. The highest BCUT2D eigenvalue weighted by atomic mass is 32.7. The standard InChI is InChI=1S/C21H24FN11O9P2S2/c1-2-21(9(41-43(36)45)3-10(40-21)32-7-27-12-15(23)25-6-26-16(12)32)5-38-44(37,46)42-14-11(22)8(4-34)39-19(14)33-17-13(30-31-33)18(35)29-20(24)28-17/h1,6-11,14,19,34,43H,3-5H2,(H,36,45)(H,37,46)(H2,23,25,26)(H3,24,28,29,35)/t8-,9+,10-,11+,14-,19-,21-,44?/m1/s1. The van der Waals surface area contributed by atoms with E-state index in [4.69, 9.17) is 40.9 Å². The van der Waals surface area contributed by atoms with Gasteiger partial charge in [0.05, 0.1) is 12.9 Å². The zero-order chi connectivity index (χ0) is 33.0. The molecular formula is C21H24FN11O9P2S2. The lowest BCUT2D eigenvalue weighted by Crippen LogP contribution is -2.43. The molecule has 2 saturated heterocycles. The Balaban J connectivity index is 1.26. The molecule has 6 heterocycles. The summed E-state index contributed by atoms with van der Waals surface area (Å²) >= 11 is 7.86. The highest BCUT2D eigenvalue weighted by Crippen LogP contribution is 2.58. The third-order valence-corrected chi connectivity index (χ3v) is 9.60. The summed E-state index contributed by atoms with van der Waals surface area (Å²) in [6.45, 7) is -6.12. The lowest BCUT2D eigenvalue weighted by molar-refractivity contribution is -0.0825. The number of anilines is 2. The number of terminal acetylenes is 1. The number of alkyl halides is 1. The summed E-state index contributed by atoms with van der Waals surface area (Å²) in [6, 6.07) is 0. The minimum atomic E-state index is -4.59. The summed E-state index contributed by atoms with van der Waals surface area (Å²) < 4.78 is 71.7. The highest BCUT2D eigenvalue weighted by molar-refractivity contribution is 8.44. The Morgan fingerprint density at radius 1 is 1.33 bits per heavy atom. The van der Waals surface area contributed by atoms with Gasteiger partial charge in [0.15, 0.2) is 40.6 Å². The van der Waals surface area contributed by atoms with Crippen LogP contribution in [0, 0.1) is 12.3 Å². The largest absolute Gasteiger partial charge is 0.394 e. The van der Waals surface area contributed by atoms with E-state index in [0.717, 1.165) is 4.68 Å². The van der Waals surface area contributed by atoms with Crippen LogP contribution in [-0.4, -0.2) is 92.9 Å². The maximum absolute atomic E-state index is 15.5. The van der Waals surface area contributed by atoms with E-state index in [9.17, 15) is 19.0 Å². The number of aliphatic hydroxyl groups is 1. The van der Waals surface area contributed by atoms with E-state index in [1.54, 1.807) is 0 Å². The van der Waals surface area contributed by atoms with Crippen molar-refractivity contribution in [3.8, 4) is 12.3 Å². The number of aromatic nitrogens is 9. The molecule has 2 aliphatic rings. The van der Waals surface area contributed by atoms with E-state index in [2.05, 4.69) is 65.6 Å². The third-order valence-electron chi connectivity index (χ3n) is 7.20. The first-order chi connectivity index (χ1) is 21.9. The Labute approximate surface area is 267 Å². The Bertz CT molecular complexity index is 1980. The van der Waals surface area contributed by atoms with E-state index in [-0.39, 0.29) is 34.9 Å². The van der Waals surface area contributed by atoms with E-state index in [0.29, 0.717) is 5.65 Å². The van der Waals surface area contributed by atoms with Crippen LogP contribution >= 0.6 is 38.5 Å². The number of nitrogens with two attached hydrogens (primary N) is 2. The average Bonchev–Trinajstić information content (AvgIpc) is 3.77. The van der Waals surface area contributed by atoms with Gasteiger partial charge in [-0.25, -0.2) is 23.9 Å². The van der Waals surface area contributed by atoms with Crippen LogP contribution in [-0.2, 0) is 32.2 Å². The van der Waals surface area contributed by atoms with Crippen molar-refractivity contribution in [1.82, 2.24) is 44.5 Å². The number of thiol groups is 2. The van der Waals surface area contributed by atoms with Crippen LogP contribution in [0.3, 0.4) is 0 Å². The maximum atomic E-state index is 15.5. The Morgan fingerprint density at radius 2 is 2.11 bits per heavy atom. The van der Waals surface area contributed by atoms with Crippen molar-refractivity contribution in [2.45, 2.75) is 49.0 Å². The summed E-state index contributed by atoms with van der Waals surface area (Å²) in [7, 11) is -2.90. The second kappa shape index (κ2) is 12.5. The second-order valence-electron chi connectivity index (χ2n) is 9.96. The first-order valence-electron chi connectivity index (χ1n) is 13.0. The summed E-state index contributed by atoms with van der Waals surface area (Å²) in [5, 5.41) is 17.2. The number of aliphatic hydroxyl groups excluding tert-OH is 1. The highest BCUT2D eigenvalue weighted by Gasteiger charge is 2.54. The predicted octanol–water partition coefficient (Wildman–Crippen LogP) is 0.182. The van der Waals surface area contributed by atoms with Gasteiger partial charge in [0, 0.05) is 6.42 Å². The smallest absolute Gasteiger partial charge is 0.386 e. The fraction of sp³-hybridized carbons (Fsp3) is 0.476. The van der Waals surface area contributed by atoms with Crippen molar-refractivity contribution in [2.75, 3.05) is 24.7 Å². The molecule has 20 nitrogen and oxygen atoms in total. The Hall–Kier alpha value is -3.16. The van der Waals surface area contributed by atoms with Gasteiger partial charge in [-0.05, 0) is 0 Å². The van der Waals surface area contributed by atoms with Gasteiger partial charge in [-0.15, -0.1) is 11.5 Å². The van der Waals surface area contributed by atoms with Crippen LogP contribution in [0.5, 0.6) is 0 Å². The Kier molecular flexibility index (Phi) is 8.88. The summed E-state index contributed by atoms with van der Waals surface area (Å²) in [6.07, 6.45) is -0.575. The molecule has 0 aliphatic carbocycles. The second-order valence-corrected chi connectivity index (χ2v) is 14.7. The molecule has 4 aromatic rings. The molecule has 25 heteroatoms. The summed E-state index contributed by atoms with van der Waals surface area (Å²) in [5.41, 5.74) is 9.03. The molecule has 2 unspecified atom stereocenters. The SMILES string of the molecule is C#C[C@]1(COP(=O)(S)O[C@@H]2[C@@H](F)[C@@H](CO)O[C@H]2n2nnc3c(=O)[nH]c(N)nc32)O[C@@H](n2cnc3c(N)ncnc32)C[C@@H]1O[PH](=O)S. The molecule has 0 amide bonds. The molecule has 0 saturated carbocycles. The molecule has 4 aromatic heterocycles. The first-order valence-corrected chi connectivity index (χ1v) is 18.3. The van der Waals surface area contributed by atoms with Crippen LogP contribution in [0.4, 0.5) is 16.2 Å². The topological polar surface area (TPSA) is 273 Å². The number of H-pyrrole nitrogens is 1. The van der Waals surface area contributed by atoms with Gasteiger partial charge in [0.1, 0.15) is 43.0 Å². The van der Waals surface area contributed by atoms with Crippen molar-refractivity contribution < 1.29 is 41.7 Å². The molecule has 9 atom stereocenters. The number of fused-ring (bicyclic) bond motifs is 2. The molecule has 2 fully saturated rings. The molecule has 0 spiro atoms. The minimum Gasteiger partial charge on any atom is -0.394 e. The minimum absolute atomic E-state index is 0.0183. The zero-order valence-electron chi connectivity index (χ0n) is 23.0. The normalized spacial score (nSPS) is 30.1. The van der Waals surface area contributed by atoms with Crippen molar-refractivity contribution >= 4 is 72.6 Å². The quantitative estimate of drug-likeness (QED) is 0.0725. The number of hydrogen-bond acceptors (Lipinski definition) is 17. The Morgan fingerprint density at radius 3 is 2.83 bits per heavy atom. The predicted molar refractivity (Wildman–Crippen MR) is 163 cm³/mol. The fourth-order valence-electron chi connectivity index (χ4n) is 5.09. The fourth-order valence-corrected chi connectivity index (χ4v) is 7.45. The van der Waals surface area contributed by atoms with Crippen molar-refractivity contribution in [1.29, 1.82) is 0 Å². The van der Waals surface area contributed by atoms with Crippen molar-refractivity contribution in [2.24, 2.45) is 0 Å². The number of nitrogen functional groups attached to an aromatic ring is 2. The van der Waals surface area contributed by atoms with Gasteiger partial charge in [-0.2, -0.15) is 9.67 Å². The summed E-state index contributed by atoms with van der Waals surface area (Å²) in [4.78, 5) is 30.7. The molecule has 246 valence electrons. The average molecular weight is 720 g/mol. The van der Waals surface area contributed by atoms with Crippen molar-refractivity contribution in [3.05, 3.63) is 23.0 Å². The van der Waals surface area contributed by atoms with E-state index >= 15 is 4.39 Å². The third kappa shape index (κ3) is 5.90.